The summed E-state index contributed by atoms with van der Waals surface area (Å²) in [6.45, 7) is 6.19. The van der Waals surface area contributed by atoms with Gasteiger partial charge in [-0.25, -0.2) is 0 Å². The molecule has 56 valence electrons. The van der Waals surface area contributed by atoms with Gasteiger partial charge in [0.05, 0.1) is 0 Å². The molecule has 0 bridgehead atoms. The summed E-state index contributed by atoms with van der Waals surface area (Å²) in [6.07, 6.45) is 2.19. The fraction of sp³-hybridized carbons (Fsp3) is 0.273. The highest BCUT2D eigenvalue weighted by Crippen LogP contribution is 2.27. The fourth-order valence-electron chi connectivity index (χ4n) is 1.76. The van der Waals surface area contributed by atoms with Gasteiger partial charge in [0.15, 0.2) is 0 Å². The Hall–Kier alpha value is -1.04. The summed E-state index contributed by atoms with van der Waals surface area (Å²) < 4.78 is 0. The van der Waals surface area contributed by atoms with Crippen molar-refractivity contribution in [3.05, 3.63) is 47.0 Å². The molecule has 2 rings (SSSR count). The topological polar surface area (TPSA) is 0 Å². The zero-order valence-electron chi connectivity index (χ0n) is 6.85. The van der Waals surface area contributed by atoms with Gasteiger partial charge >= 0.3 is 0 Å². The van der Waals surface area contributed by atoms with Gasteiger partial charge in [-0.2, -0.15) is 0 Å². The molecule has 0 heterocycles. The lowest BCUT2D eigenvalue weighted by molar-refractivity contribution is 1.18. The maximum absolute atomic E-state index is 4.01. The van der Waals surface area contributed by atoms with Crippen molar-refractivity contribution in [1.29, 1.82) is 0 Å². The average Bonchev–Trinajstić information content (AvgIpc) is 2.31. The monoisotopic (exact) mass is 144 g/mol. The van der Waals surface area contributed by atoms with Crippen LogP contribution in [-0.4, -0.2) is 0 Å². The second-order valence-electron chi connectivity index (χ2n) is 3.32. The first-order chi connectivity index (χ1) is 5.27. The Morgan fingerprint density at radius 3 is 2.82 bits per heavy atom. The number of hydrogen-bond donors (Lipinski definition) is 0. The van der Waals surface area contributed by atoms with E-state index in [4.69, 9.17) is 0 Å². The minimum absolute atomic E-state index is 1.09. The van der Waals surface area contributed by atoms with E-state index < -0.39 is 0 Å². The van der Waals surface area contributed by atoms with Crippen LogP contribution in [0, 0.1) is 6.92 Å². The molecule has 0 unspecified atom stereocenters. The van der Waals surface area contributed by atoms with Crippen molar-refractivity contribution in [1.82, 2.24) is 0 Å². The summed E-state index contributed by atoms with van der Waals surface area (Å²) in [5.74, 6) is 0. The molecule has 1 aromatic rings. The largest absolute Gasteiger partial charge is 0.0992 e. The summed E-state index contributed by atoms with van der Waals surface area (Å²) >= 11 is 0. The maximum Gasteiger partial charge on any atom is -0.00610 e. The van der Waals surface area contributed by atoms with Crippen LogP contribution in [0.2, 0.25) is 0 Å². The molecule has 0 heteroatoms. The summed E-state index contributed by atoms with van der Waals surface area (Å²) in [5.41, 5.74) is 5.77. The van der Waals surface area contributed by atoms with Gasteiger partial charge in [0, 0.05) is 0 Å². The Morgan fingerprint density at radius 1 is 1.27 bits per heavy atom. The van der Waals surface area contributed by atoms with Gasteiger partial charge in [0.25, 0.3) is 0 Å². The van der Waals surface area contributed by atoms with Gasteiger partial charge in [-0.3, -0.25) is 0 Å². The normalized spacial score (nSPS) is 15.2. The van der Waals surface area contributed by atoms with Crippen molar-refractivity contribution in [2.45, 2.75) is 19.8 Å². The van der Waals surface area contributed by atoms with Crippen LogP contribution in [0.3, 0.4) is 0 Å². The number of aryl methyl sites for hydroxylation is 1. The Bertz CT molecular complexity index is 308. The highest BCUT2D eigenvalue weighted by molar-refractivity contribution is 5.44. The summed E-state index contributed by atoms with van der Waals surface area (Å²) in [4.78, 5) is 0. The first-order valence-electron chi connectivity index (χ1n) is 4.01. The van der Waals surface area contributed by atoms with Gasteiger partial charge in [0.1, 0.15) is 0 Å². The third-order valence-electron chi connectivity index (χ3n) is 2.37. The van der Waals surface area contributed by atoms with E-state index in [9.17, 15) is 0 Å². The van der Waals surface area contributed by atoms with E-state index >= 15 is 0 Å². The lowest BCUT2D eigenvalue weighted by Gasteiger charge is -2.00. The molecule has 1 aliphatic carbocycles. The summed E-state index contributed by atoms with van der Waals surface area (Å²) in [6, 6.07) is 6.52. The predicted molar refractivity (Wildman–Crippen MR) is 47.7 cm³/mol. The first kappa shape index (κ1) is 6.66. The maximum atomic E-state index is 4.01. The van der Waals surface area contributed by atoms with E-state index in [-0.39, 0.29) is 0 Å². The third-order valence-corrected chi connectivity index (χ3v) is 2.37. The smallest absolute Gasteiger partial charge is 0.00610 e. The number of rotatable bonds is 0. The molecule has 0 saturated heterocycles. The first-order valence-corrected chi connectivity index (χ1v) is 4.01. The highest BCUT2D eigenvalue weighted by Gasteiger charge is 2.14. The molecule has 0 spiro atoms. The molecule has 0 aliphatic heterocycles. The van der Waals surface area contributed by atoms with Crippen molar-refractivity contribution in [3.8, 4) is 0 Å². The van der Waals surface area contributed by atoms with Gasteiger partial charge < -0.3 is 0 Å². The van der Waals surface area contributed by atoms with E-state index in [1.54, 1.807) is 0 Å². The van der Waals surface area contributed by atoms with Crippen LogP contribution < -0.4 is 0 Å². The van der Waals surface area contributed by atoms with Crippen molar-refractivity contribution in [2.24, 2.45) is 0 Å². The van der Waals surface area contributed by atoms with Crippen molar-refractivity contribution in [2.75, 3.05) is 0 Å². The molecule has 0 saturated carbocycles. The van der Waals surface area contributed by atoms with Crippen LogP contribution in [0.5, 0.6) is 0 Å². The number of hydrogen-bond acceptors (Lipinski definition) is 0. The second-order valence-corrected chi connectivity index (χ2v) is 3.32. The van der Waals surface area contributed by atoms with E-state index in [1.165, 1.54) is 22.3 Å². The SMILES string of the molecule is C=C1Cc2cccc(C)c2C1. The van der Waals surface area contributed by atoms with Gasteiger partial charge in [-0.05, 0) is 36.5 Å². The molecule has 0 amide bonds. The quantitative estimate of drug-likeness (QED) is 0.491. The third kappa shape index (κ3) is 0.988. The van der Waals surface area contributed by atoms with E-state index in [0.717, 1.165) is 12.8 Å². The van der Waals surface area contributed by atoms with Gasteiger partial charge in [0.2, 0.25) is 0 Å². The molecular formula is C11H12. The zero-order valence-corrected chi connectivity index (χ0v) is 6.85. The average molecular weight is 144 g/mol. The predicted octanol–water partition coefficient (Wildman–Crippen LogP) is 2.65. The summed E-state index contributed by atoms with van der Waals surface area (Å²) in [7, 11) is 0. The van der Waals surface area contributed by atoms with Crippen molar-refractivity contribution < 1.29 is 0 Å². The lowest BCUT2D eigenvalue weighted by atomic mass is 10.1. The van der Waals surface area contributed by atoms with Crippen LogP contribution in [0.15, 0.2) is 30.4 Å². The Balaban J connectivity index is 2.57. The molecule has 0 fully saturated rings. The molecule has 11 heavy (non-hydrogen) atoms. The van der Waals surface area contributed by atoms with E-state index in [0.29, 0.717) is 0 Å². The van der Waals surface area contributed by atoms with Crippen molar-refractivity contribution >= 4 is 0 Å². The van der Waals surface area contributed by atoms with E-state index in [1.807, 2.05) is 0 Å². The molecular weight excluding hydrogens is 132 g/mol. The standard InChI is InChI=1S/C11H12/c1-8-6-10-5-3-4-9(2)11(10)7-8/h3-5H,1,6-7H2,2H3. The minimum atomic E-state index is 1.09. The zero-order chi connectivity index (χ0) is 7.84. The number of fused-ring (bicyclic) bond motifs is 1. The summed E-state index contributed by atoms with van der Waals surface area (Å²) in [5, 5.41) is 0. The molecule has 1 aromatic carbocycles. The molecule has 0 aromatic heterocycles. The Morgan fingerprint density at radius 2 is 2.09 bits per heavy atom. The molecule has 1 aliphatic rings. The van der Waals surface area contributed by atoms with Crippen LogP contribution >= 0.6 is 0 Å². The molecule has 0 atom stereocenters. The molecule has 0 N–H and O–H groups in total. The second kappa shape index (κ2) is 2.23. The molecule has 0 radical (unpaired) electrons. The van der Waals surface area contributed by atoms with Crippen molar-refractivity contribution in [3.63, 3.8) is 0 Å². The Kier molecular flexibility index (Phi) is 1.35. The van der Waals surface area contributed by atoms with Crippen LogP contribution in [0.4, 0.5) is 0 Å². The van der Waals surface area contributed by atoms with Crippen LogP contribution in [0.1, 0.15) is 16.7 Å². The fourth-order valence-corrected chi connectivity index (χ4v) is 1.76. The lowest BCUT2D eigenvalue weighted by Crippen LogP contribution is -1.84. The van der Waals surface area contributed by atoms with Gasteiger partial charge in [-0.15, -0.1) is 0 Å². The highest BCUT2D eigenvalue weighted by atomic mass is 14.2. The Labute approximate surface area is 67.6 Å². The molecule has 0 nitrogen and oxygen atoms in total. The van der Waals surface area contributed by atoms with Gasteiger partial charge in [-0.1, -0.05) is 30.4 Å². The minimum Gasteiger partial charge on any atom is -0.0992 e. The number of allylic oxidation sites excluding steroid dienone is 1. The van der Waals surface area contributed by atoms with Crippen LogP contribution in [-0.2, 0) is 12.8 Å². The van der Waals surface area contributed by atoms with Crippen LogP contribution in [0.25, 0.3) is 0 Å². The van der Waals surface area contributed by atoms with E-state index in [2.05, 4.69) is 31.7 Å². The number of benzene rings is 1.